The van der Waals surface area contributed by atoms with Crippen LogP contribution in [-0.4, -0.2) is 11.9 Å². The molecular formula is C5H10I3N3O2. The third-order valence-electron chi connectivity index (χ3n) is 1.42. The number of carbonyl (C=O) groups excluding carboxylic acids is 1. The van der Waals surface area contributed by atoms with Crippen molar-refractivity contribution >= 4 is 74.7 Å². The van der Waals surface area contributed by atoms with E-state index >= 15 is 0 Å². The predicted molar refractivity (Wildman–Crippen MR) is 75.5 cm³/mol. The highest BCUT2D eigenvalue weighted by Gasteiger charge is 2.36. The summed E-state index contributed by atoms with van der Waals surface area (Å²) in [5, 5.41) is 0. The smallest absolute Gasteiger partial charge is 0.412 e. The van der Waals surface area contributed by atoms with E-state index < -0.39 is 11.9 Å². The molecule has 78 valence electrons. The Morgan fingerprint density at radius 3 is 2.00 bits per heavy atom. The monoisotopic (exact) mass is 525 g/mol. The van der Waals surface area contributed by atoms with E-state index in [1.54, 1.807) is 22.9 Å². The third-order valence-corrected chi connectivity index (χ3v) is 3.47. The summed E-state index contributed by atoms with van der Waals surface area (Å²) >= 11 is 5.61. The van der Waals surface area contributed by atoms with Crippen molar-refractivity contribution in [1.82, 2.24) is 10.6 Å². The fraction of sp³-hybridized carbons (Fsp3) is 0.800. The summed E-state index contributed by atoms with van der Waals surface area (Å²) < 4.78 is 13.3. The molecule has 0 atom stereocenters. The molecule has 3 N–H and O–H groups in total. The largest absolute Gasteiger partial charge is 0.418 e. The summed E-state index contributed by atoms with van der Waals surface area (Å²) in [7, 11) is 0. The second kappa shape index (κ2) is 6.79. The maximum absolute atomic E-state index is 11.0. The van der Waals surface area contributed by atoms with Gasteiger partial charge in [0.2, 0.25) is 5.85 Å². The normalized spacial score (nSPS) is 11.5. The standard InChI is InChI=1S/C5H10I3N3O2/c1-3(2)5(10-7,11-8)13-4(12)9-6/h3,10-11H,1-2H3,(H,9,12). The molecule has 0 aromatic carbocycles. The van der Waals surface area contributed by atoms with Gasteiger partial charge in [-0.1, -0.05) is 13.8 Å². The molecule has 0 rings (SSSR count). The molecule has 0 fully saturated rings. The van der Waals surface area contributed by atoms with Gasteiger partial charge in [0.1, 0.15) is 0 Å². The summed E-state index contributed by atoms with van der Waals surface area (Å²) in [6, 6.07) is 0. The first-order chi connectivity index (χ1) is 6.02. The molecule has 0 aliphatic heterocycles. The Kier molecular flexibility index (Phi) is 7.51. The zero-order valence-corrected chi connectivity index (χ0v) is 13.5. The zero-order chi connectivity index (χ0) is 10.5. The lowest BCUT2D eigenvalue weighted by Crippen LogP contribution is -2.57. The molecule has 0 aromatic heterocycles. The van der Waals surface area contributed by atoms with Crippen molar-refractivity contribution in [2.75, 3.05) is 0 Å². The number of rotatable bonds is 4. The zero-order valence-electron chi connectivity index (χ0n) is 7.03. The van der Waals surface area contributed by atoms with Crippen LogP contribution in [0.5, 0.6) is 0 Å². The number of carbonyl (C=O) groups is 1. The highest BCUT2D eigenvalue weighted by Crippen LogP contribution is 2.19. The first-order valence-corrected chi connectivity index (χ1v) is 6.61. The van der Waals surface area contributed by atoms with Gasteiger partial charge in [-0.25, -0.2) is 11.9 Å². The molecule has 0 saturated carbocycles. The molecule has 0 unspecified atom stereocenters. The maximum atomic E-state index is 11.0. The predicted octanol–water partition coefficient (Wildman–Crippen LogP) is 2.25. The Balaban J connectivity index is 4.48. The first-order valence-electron chi connectivity index (χ1n) is 3.37. The Labute approximate surface area is 119 Å². The summed E-state index contributed by atoms with van der Waals surface area (Å²) in [4.78, 5) is 11.0. The molecule has 0 heterocycles. The van der Waals surface area contributed by atoms with Crippen molar-refractivity contribution in [3.8, 4) is 0 Å². The van der Waals surface area contributed by atoms with Gasteiger partial charge < -0.3 is 4.74 Å². The van der Waals surface area contributed by atoms with E-state index in [4.69, 9.17) is 4.74 Å². The number of ether oxygens (including phenoxy) is 1. The van der Waals surface area contributed by atoms with Gasteiger partial charge in [-0.2, -0.15) is 0 Å². The van der Waals surface area contributed by atoms with Crippen LogP contribution >= 0.6 is 68.6 Å². The van der Waals surface area contributed by atoms with E-state index in [-0.39, 0.29) is 5.92 Å². The summed E-state index contributed by atoms with van der Waals surface area (Å²) in [5.74, 6) is -0.730. The van der Waals surface area contributed by atoms with Crippen LogP contribution in [-0.2, 0) is 4.74 Å². The molecule has 1 amide bonds. The summed E-state index contributed by atoms with van der Waals surface area (Å²) in [6.07, 6.45) is -0.484. The van der Waals surface area contributed by atoms with Crippen LogP contribution in [0.1, 0.15) is 13.8 Å². The highest BCUT2D eigenvalue weighted by molar-refractivity contribution is 14.1. The minimum atomic E-state index is -0.837. The SMILES string of the molecule is CC(C)C(NI)(NI)OC(=O)NI. The number of halogens is 3. The Hall–Kier alpha value is 1.38. The van der Waals surface area contributed by atoms with Crippen LogP contribution in [0.3, 0.4) is 0 Å². The number of amides is 1. The van der Waals surface area contributed by atoms with E-state index in [9.17, 15) is 4.79 Å². The lowest BCUT2D eigenvalue weighted by molar-refractivity contribution is -0.0274. The summed E-state index contributed by atoms with van der Waals surface area (Å²) in [5.41, 5.74) is 0. The second-order valence-electron chi connectivity index (χ2n) is 2.56. The molecule has 0 aromatic rings. The molecule has 13 heavy (non-hydrogen) atoms. The van der Waals surface area contributed by atoms with Crippen LogP contribution < -0.4 is 10.6 Å². The molecular weight excluding hydrogens is 515 g/mol. The van der Waals surface area contributed by atoms with E-state index in [0.29, 0.717) is 0 Å². The van der Waals surface area contributed by atoms with E-state index in [2.05, 4.69) is 10.6 Å². The van der Waals surface area contributed by atoms with Crippen molar-refractivity contribution in [3.05, 3.63) is 0 Å². The van der Waals surface area contributed by atoms with Gasteiger partial charge in [-0.3, -0.25) is 3.53 Å². The Morgan fingerprint density at radius 1 is 1.31 bits per heavy atom. The van der Waals surface area contributed by atoms with Gasteiger partial charge in [-0.05, 0) is 0 Å². The fourth-order valence-electron chi connectivity index (χ4n) is 0.558. The lowest BCUT2D eigenvalue weighted by atomic mass is 10.1. The average molecular weight is 525 g/mol. The van der Waals surface area contributed by atoms with E-state index in [0.717, 1.165) is 0 Å². The van der Waals surface area contributed by atoms with Crippen LogP contribution in [0.4, 0.5) is 4.79 Å². The molecule has 0 aliphatic carbocycles. The minimum absolute atomic E-state index is 0.106. The van der Waals surface area contributed by atoms with Gasteiger partial charge in [-0.15, -0.1) is 0 Å². The molecule has 0 spiro atoms. The Morgan fingerprint density at radius 2 is 1.77 bits per heavy atom. The molecule has 0 bridgehead atoms. The Bertz CT molecular complexity index is 174. The average Bonchev–Trinajstić information content (AvgIpc) is 2.13. The van der Waals surface area contributed by atoms with Gasteiger partial charge in [0, 0.05) is 51.6 Å². The van der Waals surface area contributed by atoms with E-state index in [1.807, 2.05) is 59.6 Å². The van der Waals surface area contributed by atoms with Crippen LogP contribution in [0.25, 0.3) is 0 Å². The summed E-state index contributed by atoms with van der Waals surface area (Å²) in [6.45, 7) is 3.88. The highest BCUT2D eigenvalue weighted by atomic mass is 127. The quantitative estimate of drug-likeness (QED) is 0.300. The second-order valence-corrected chi connectivity index (χ2v) is 4.18. The van der Waals surface area contributed by atoms with Gasteiger partial charge >= 0.3 is 6.09 Å². The number of hydrogen-bond donors (Lipinski definition) is 3. The van der Waals surface area contributed by atoms with Crippen LogP contribution in [0.2, 0.25) is 0 Å². The first kappa shape index (κ1) is 14.4. The molecule has 0 radical (unpaired) electrons. The molecule has 0 aliphatic rings. The number of nitrogens with one attached hydrogen (secondary N) is 3. The maximum Gasteiger partial charge on any atom is 0.418 e. The third kappa shape index (κ3) is 4.17. The van der Waals surface area contributed by atoms with Crippen molar-refractivity contribution in [2.24, 2.45) is 5.92 Å². The topological polar surface area (TPSA) is 62.4 Å². The van der Waals surface area contributed by atoms with Gasteiger partial charge in [0.05, 0.1) is 22.9 Å². The molecule has 5 nitrogen and oxygen atoms in total. The van der Waals surface area contributed by atoms with Gasteiger partial charge in [0.15, 0.2) is 0 Å². The number of hydrogen-bond acceptors (Lipinski definition) is 4. The van der Waals surface area contributed by atoms with Crippen molar-refractivity contribution in [1.29, 1.82) is 0 Å². The lowest BCUT2D eigenvalue weighted by Gasteiger charge is -2.33. The van der Waals surface area contributed by atoms with Crippen LogP contribution in [0, 0.1) is 5.92 Å². The minimum Gasteiger partial charge on any atom is -0.412 e. The van der Waals surface area contributed by atoms with Crippen molar-refractivity contribution in [2.45, 2.75) is 19.7 Å². The van der Waals surface area contributed by atoms with Gasteiger partial charge in [0.25, 0.3) is 0 Å². The van der Waals surface area contributed by atoms with Crippen LogP contribution in [0.15, 0.2) is 0 Å². The molecule has 0 saturated heterocycles. The molecule has 8 heteroatoms. The fourth-order valence-corrected chi connectivity index (χ4v) is 2.92. The van der Waals surface area contributed by atoms with Crippen molar-refractivity contribution in [3.63, 3.8) is 0 Å². The van der Waals surface area contributed by atoms with E-state index in [1.165, 1.54) is 0 Å². The van der Waals surface area contributed by atoms with Crippen molar-refractivity contribution < 1.29 is 9.53 Å².